The number of Topliss-reactive ketones (excluding diaryl/α,β-unsaturated/α-hetero) is 1. The zero-order chi connectivity index (χ0) is 13.5. The summed E-state index contributed by atoms with van der Waals surface area (Å²) in [6.07, 6.45) is 5.57. The Balaban J connectivity index is 1.78. The molecule has 0 aliphatic heterocycles. The average molecular weight is 256 g/mol. The van der Waals surface area contributed by atoms with Crippen LogP contribution in [0, 0.1) is 17.8 Å². The van der Waals surface area contributed by atoms with Gasteiger partial charge in [0.05, 0.1) is 5.41 Å². The van der Waals surface area contributed by atoms with Gasteiger partial charge in [0, 0.05) is 5.92 Å². The maximum absolute atomic E-state index is 12.9. The normalized spacial score (nSPS) is 32.8. The summed E-state index contributed by atoms with van der Waals surface area (Å²) in [6, 6.07) is 10.4. The maximum Gasteiger partial charge on any atom is 0.146 e. The number of hydrogen-bond donors (Lipinski definition) is 0. The Bertz CT molecular complexity index is 458. The Labute approximate surface area is 116 Å². The van der Waals surface area contributed by atoms with Crippen LogP contribution in [-0.2, 0) is 10.2 Å². The Hall–Kier alpha value is -1.11. The first-order chi connectivity index (χ1) is 9.13. The van der Waals surface area contributed by atoms with Gasteiger partial charge in [0.15, 0.2) is 0 Å². The van der Waals surface area contributed by atoms with Gasteiger partial charge in [-0.05, 0) is 49.5 Å². The van der Waals surface area contributed by atoms with E-state index in [-0.39, 0.29) is 5.41 Å². The van der Waals surface area contributed by atoms with Gasteiger partial charge in [-0.15, -0.1) is 0 Å². The highest BCUT2D eigenvalue weighted by atomic mass is 16.1. The van der Waals surface area contributed by atoms with Crippen molar-refractivity contribution in [2.45, 2.75) is 51.4 Å². The minimum Gasteiger partial charge on any atom is -0.298 e. The molecule has 0 spiro atoms. The van der Waals surface area contributed by atoms with Crippen molar-refractivity contribution in [1.29, 1.82) is 0 Å². The van der Waals surface area contributed by atoms with Crippen LogP contribution >= 0.6 is 0 Å². The third-order valence-corrected chi connectivity index (χ3v) is 5.52. The largest absolute Gasteiger partial charge is 0.298 e. The van der Waals surface area contributed by atoms with E-state index in [4.69, 9.17) is 0 Å². The van der Waals surface area contributed by atoms with Gasteiger partial charge >= 0.3 is 0 Å². The SMILES string of the molecule is CC1CCC(C(=O)C2(c3ccccc3)CC2)CC1C. The number of carbonyl (C=O) groups is 1. The van der Waals surface area contributed by atoms with Crippen molar-refractivity contribution in [3.05, 3.63) is 35.9 Å². The monoisotopic (exact) mass is 256 g/mol. The Kier molecular flexibility index (Phi) is 3.24. The van der Waals surface area contributed by atoms with Gasteiger partial charge in [-0.1, -0.05) is 44.2 Å². The lowest BCUT2D eigenvalue weighted by molar-refractivity contribution is -0.127. The summed E-state index contributed by atoms with van der Waals surface area (Å²) >= 11 is 0. The molecular formula is C18H24O. The summed E-state index contributed by atoms with van der Waals surface area (Å²) in [7, 11) is 0. The second-order valence-corrected chi connectivity index (χ2v) is 6.78. The number of benzene rings is 1. The summed E-state index contributed by atoms with van der Waals surface area (Å²) in [4.78, 5) is 12.9. The molecule has 0 N–H and O–H groups in total. The average Bonchev–Trinajstić information content (AvgIpc) is 3.24. The molecule has 1 aromatic carbocycles. The third kappa shape index (κ3) is 2.24. The van der Waals surface area contributed by atoms with E-state index in [2.05, 4.69) is 38.1 Å². The Morgan fingerprint density at radius 2 is 1.74 bits per heavy atom. The second-order valence-electron chi connectivity index (χ2n) is 6.78. The molecule has 3 atom stereocenters. The minimum absolute atomic E-state index is 0.105. The lowest BCUT2D eigenvalue weighted by Crippen LogP contribution is -2.33. The molecule has 3 unspecified atom stereocenters. The van der Waals surface area contributed by atoms with Crippen LogP contribution in [-0.4, -0.2) is 5.78 Å². The lowest BCUT2D eigenvalue weighted by Gasteiger charge is -2.33. The fourth-order valence-corrected chi connectivity index (χ4v) is 3.74. The van der Waals surface area contributed by atoms with Crippen molar-refractivity contribution >= 4 is 5.78 Å². The molecule has 0 heterocycles. The first-order valence-electron chi connectivity index (χ1n) is 7.73. The molecule has 0 radical (unpaired) electrons. The molecule has 0 amide bonds. The van der Waals surface area contributed by atoms with E-state index in [0.717, 1.165) is 31.6 Å². The topological polar surface area (TPSA) is 17.1 Å². The van der Waals surface area contributed by atoms with E-state index < -0.39 is 0 Å². The first kappa shape index (κ1) is 12.9. The van der Waals surface area contributed by atoms with Gasteiger partial charge < -0.3 is 0 Å². The molecule has 0 saturated heterocycles. The minimum atomic E-state index is -0.105. The van der Waals surface area contributed by atoms with E-state index in [1.165, 1.54) is 12.0 Å². The fraction of sp³-hybridized carbons (Fsp3) is 0.611. The lowest BCUT2D eigenvalue weighted by atomic mass is 9.71. The van der Waals surface area contributed by atoms with Gasteiger partial charge in [0.1, 0.15) is 5.78 Å². The quantitative estimate of drug-likeness (QED) is 0.785. The van der Waals surface area contributed by atoms with E-state index in [9.17, 15) is 4.79 Å². The zero-order valence-electron chi connectivity index (χ0n) is 12.1. The molecule has 1 aromatic rings. The van der Waals surface area contributed by atoms with Gasteiger partial charge in [0.25, 0.3) is 0 Å². The highest BCUT2D eigenvalue weighted by molar-refractivity contribution is 5.94. The van der Waals surface area contributed by atoms with E-state index in [1.54, 1.807) is 0 Å². The van der Waals surface area contributed by atoms with Crippen molar-refractivity contribution in [2.24, 2.45) is 17.8 Å². The van der Waals surface area contributed by atoms with Gasteiger partial charge in [0.2, 0.25) is 0 Å². The summed E-state index contributed by atoms with van der Waals surface area (Å²) < 4.78 is 0. The third-order valence-electron chi connectivity index (χ3n) is 5.52. The van der Waals surface area contributed by atoms with Crippen LogP contribution in [0.25, 0.3) is 0 Å². The van der Waals surface area contributed by atoms with Crippen LogP contribution in [0.15, 0.2) is 30.3 Å². The molecule has 2 saturated carbocycles. The van der Waals surface area contributed by atoms with Gasteiger partial charge in [-0.25, -0.2) is 0 Å². The molecular weight excluding hydrogens is 232 g/mol. The molecule has 0 bridgehead atoms. The van der Waals surface area contributed by atoms with Crippen molar-refractivity contribution < 1.29 is 4.79 Å². The summed E-state index contributed by atoms with van der Waals surface area (Å²) in [6.45, 7) is 4.64. The number of rotatable bonds is 3. The van der Waals surface area contributed by atoms with Crippen molar-refractivity contribution in [2.75, 3.05) is 0 Å². The van der Waals surface area contributed by atoms with Crippen LogP contribution in [0.5, 0.6) is 0 Å². The number of carbonyl (C=O) groups excluding carboxylic acids is 1. The number of hydrogen-bond acceptors (Lipinski definition) is 1. The smallest absolute Gasteiger partial charge is 0.146 e. The van der Waals surface area contributed by atoms with Crippen LogP contribution in [0.4, 0.5) is 0 Å². The molecule has 1 heteroatoms. The van der Waals surface area contributed by atoms with E-state index >= 15 is 0 Å². The van der Waals surface area contributed by atoms with E-state index in [0.29, 0.717) is 17.6 Å². The highest BCUT2D eigenvalue weighted by Crippen LogP contribution is 2.52. The summed E-state index contributed by atoms with van der Waals surface area (Å²) in [5.41, 5.74) is 1.15. The number of ketones is 1. The first-order valence-corrected chi connectivity index (χ1v) is 7.73. The molecule has 102 valence electrons. The van der Waals surface area contributed by atoms with Crippen molar-refractivity contribution in [1.82, 2.24) is 0 Å². The molecule has 2 aliphatic carbocycles. The predicted octanol–water partition coefficient (Wildman–Crippen LogP) is 4.36. The summed E-state index contributed by atoms with van der Waals surface area (Å²) in [5, 5.41) is 0. The highest BCUT2D eigenvalue weighted by Gasteiger charge is 2.53. The molecule has 2 fully saturated rings. The summed E-state index contributed by atoms with van der Waals surface area (Å²) in [5.74, 6) is 2.34. The molecule has 3 rings (SSSR count). The van der Waals surface area contributed by atoms with Gasteiger partial charge in [-0.3, -0.25) is 4.79 Å². The molecule has 0 aromatic heterocycles. The second kappa shape index (κ2) is 4.77. The molecule has 1 nitrogen and oxygen atoms in total. The van der Waals surface area contributed by atoms with Crippen molar-refractivity contribution in [3.63, 3.8) is 0 Å². The van der Waals surface area contributed by atoms with E-state index in [1.807, 2.05) is 6.07 Å². The van der Waals surface area contributed by atoms with Gasteiger partial charge in [-0.2, -0.15) is 0 Å². The Morgan fingerprint density at radius 1 is 1.05 bits per heavy atom. The predicted molar refractivity (Wildman–Crippen MR) is 78.0 cm³/mol. The zero-order valence-corrected chi connectivity index (χ0v) is 12.1. The van der Waals surface area contributed by atoms with Crippen LogP contribution in [0.2, 0.25) is 0 Å². The molecule has 19 heavy (non-hydrogen) atoms. The maximum atomic E-state index is 12.9. The Morgan fingerprint density at radius 3 is 2.32 bits per heavy atom. The standard InChI is InChI=1S/C18H24O/c1-13-8-9-15(12-14(13)2)17(19)18(10-11-18)16-6-4-3-5-7-16/h3-7,13-15H,8-12H2,1-2H3. The van der Waals surface area contributed by atoms with Crippen molar-refractivity contribution in [3.8, 4) is 0 Å². The van der Waals surface area contributed by atoms with Crippen LogP contribution in [0.1, 0.15) is 51.5 Å². The van der Waals surface area contributed by atoms with Crippen LogP contribution < -0.4 is 0 Å². The van der Waals surface area contributed by atoms with Crippen LogP contribution in [0.3, 0.4) is 0 Å². The molecule has 2 aliphatic rings. The fourth-order valence-electron chi connectivity index (χ4n) is 3.74.